The standard InChI is InChI=1S/C27H33F5O2/c1-3-4-5-6-17-7-9-18(10-8-17)11-12-19-13-15-20(16-14-19)21-22(28)26(34-27(31)32)24(30)23(29)25(21)33-2/h13-18,27H,3-12H2,1-2H3/t17-,18-. The molecule has 0 spiro atoms. The molecule has 0 N–H and O–H groups in total. The summed E-state index contributed by atoms with van der Waals surface area (Å²) in [5.74, 6) is -5.46. The Morgan fingerprint density at radius 1 is 0.824 bits per heavy atom. The highest BCUT2D eigenvalue weighted by molar-refractivity contribution is 5.73. The smallest absolute Gasteiger partial charge is 0.387 e. The van der Waals surface area contributed by atoms with Crippen LogP contribution in [0.4, 0.5) is 22.0 Å². The maximum Gasteiger partial charge on any atom is 0.387 e. The zero-order valence-corrected chi connectivity index (χ0v) is 19.8. The number of halogens is 5. The van der Waals surface area contributed by atoms with Crippen molar-refractivity contribution < 1.29 is 31.4 Å². The van der Waals surface area contributed by atoms with Gasteiger partial charge in [-0.25, -0.2) is 4.39 Å². The van der Waals surface area contributed by atoms with Crippen LogP contribution in [0.25, 0.3) is 11.1 Å². The summed E-state index contributed by atoms with van der Waals surface area (Å²) in [7, 11) is 1.06. The first-order valence-electron chi connectivity index (χ1n) is 12.1. The summed E-state index contributed by atoms with van der Waals surface area (Å²) >= 11 is 0. The lowest BCUT2D eigenvalue weighted by atomic mass is 9.78. The fourth-order valence-electron chi connectivity index (χ4n) is 4.96. The van der Waals surface area contributed by atoms with Crippen LogP contribution in [0.3, 0.4) is 0 Å². The molecule has 188 valence electrons. The second kappa shape index (κ2) is 12.4. The van der Waals surface area contributed by atoms with Gasteiger partial charge < -0.3 is 9.47 Å². The van der Waals surface area contributed by atoms with Gasteiger partial charge in [0.2, 0.25) is 17.4 Å². The first-order valence-corrected chi connectivity index (χ1v) is 12.1. The predicted molar refractivity (Wildman–Crippen MR) is 123 cm³/mol. The van der Waals surface area contributed by atoms with Crippen LogP contribution < -0.4 is 9.47 Å². The van der Waals surface area contributed by atoms with Crippen molar-refractivity contribution >= 4 is 0 Å². The van der Waals surface area contributed by atoms with Crippen LogP contribution >= 0.6 is 0 Å². The highest BCUT2D eigenvalue weighted by atomic mass is 19.3. The second-order valence-electron chi connectivity index (χ2n) is 9.18. The van der Waals surface area contributed by atoms with E-state index >= 15 is 0 Å². The van der Waals surface area contributed by atoms with Crippen molar-refractivity contribution in [3.05, 3.63) is 47.3 Å². The van der Waals surface area contributed by atoms with Gasteiger partial charge in [0.1, 0.15) is 0 Å². The SMILES string of the molecule is CCCCC[C@H]1CC[C@H](CCc2ccc(-c3c(F)c(OC(F)F)c(F)c(F)c3OC)cc2)CC1. The van der Waals surface area contributed by atoms with Gasteiger partial charge in [-0.15, -0.1) is 0 Å². The molecule has 0 aliphatic heterocycles. The van der Waals surface area contributed by atoms with Crippen LogP contribution in [0.2, 0.25) is 0 Å². The normalized spacial score (nSPS) is 18.4. The Morgan fingerprint density at radius 3 is 1.97 bits per heavy atom. The van der Waals surface area contributed by atoms with E-state index in [1.807, 2.05) is 0 Å². The topological polar surface area (TPSA) is 18.5 Å². The van der Waals surface area contributed by atoms with E-state index in [1.165, 1.54) is 51.4 Å². The highest BCUT2D eigenvalue weighted by Crippen LogP contribution is 2.42. The van der Waals surface area contributed by atoms with Gasteiger partial charge in [-0.3, -0.25) is 0 Å². The Labute approximate surface area is 198 Å². The molecule has 1 fully saturated rings. The van der Waals surface area contributed by atoms with Crippen LogP contribution in [0.1, 0.15) is 70.3 Å². The third-order valence-corrected chi connectivity index (χ3v) is 6.91. The first-order chi connectivity index (χ1) is 16.3. The predicted octanol–water partition coefficient (Wildman–Crippen LogP) is 8.70. The molecule has 0 amide bonds. The Hall–Kier alpha value is -2.31. The fraction of sp³-hybridized carbons (Fsp3) is 0.556. The summed E-state index contributed by atoms with van der Waals surface area (Å²) in [5.41, 5.74) is 0.772. The molecule has 34 heavy (non-hydrogen) atoms. The number of methoxy groups -OCH3 is 1. The molecule has 0 radical (unpaired) electrons. The van der Waals surface area contributed by atoms with E-state index in [0.717, 1.165) is 31.4 Å². The summed E-state index contributed by atoms with van der Waals surface area (Å²) in [4.78, 5) is 0. The molecule has 0 atom stereocenters. The maximum atomic E-state index is 14.9. The van der Waals surface area contributed by atoms with E-state index in [0.29, 0.717) is 5.92 Å². The average molecular weight is 485 g/mol. The van der Waals surface area contributed by atoms with Crippen LogP contribution in [0.5, 0.6) is 11.5 Å². The molecule has 0 aromatic heterocycles. The van der Waals surface area contributed by atoms with Crippen molar-refractivity contribution in [2.24, 2.45) is 11.8 Å². The van der Waals surface area contributed by atoms with Crippen molar-refractivity contribution in [3.63, 3.8) is 0 Å². The zero-order chi connectivity index (χ0) is 24.7. The molecule has 3 rings (SSSR count). The molecule has 0 heterocycles. The minimum atomic E-state index is -3.50. The van der Waals surface area contributed by atoms with Gasteiger partial charge in [0, 0.05) is 0 Å². The zero-order valence-electron chi connectivity index (χ0n) is 19.8. The third kappa shape index (κ3) is 6.42. The van der Waals surface area contributed by atoms with Gasteiger partial charge in [-0.2, -0.15) is 17.6 Å². The third-order valence-electron chi connectivity index (χ3n) is 6.91. The number of benzene rings is 2. The molecule has 1 aliphatic rings. The number of hydrogen-bond acceptors (Lipinski definition) is 2. The molecule has 0 unspecified atom stereocenters. The summed E-state index contributed by atoms with van der Waals surface area (Å²) < 4.78 is 77.3. The molecule has 2 aromatic carbocycles. The Bertz CT molecular complexity index is 922. The molecule has 0 saturated heterocycles. The van der Waals surface area contributed by atoms with Crippen molar-refractivity contribution in [2.75, 3.05) is 7.11 Å². The van der Waals surface area contributed by atoms with Crippen LogP contribution in [0.15, 0.2) is 24.3 Å². The Morgan fingerprint density at radius 2 is 1.41 bits per heavy atom. The molecule has 2 nitrogen and oxygen atoms in total. The first kappa shape index (κ1) is 26.3. The van der Waals surface area contributed by atoms with Gasteiger partial charge >= 0.3 is 6.61 Å². The van der Waals surface area contributed by atoms with Gasteiger partial charge in [0.15, 0.2) is 11.6 Å². The van der Waals surface area contributed by atoms with Gasteiger partial charge in [0.25, 0.3) is 0 Å². The molecule has 1 aliphatic carbocycles. The maximum absolute atomic E-state index is 14.9. The quantitative estimate of drug-likeness (QED) is 0.180. The van der Waals surface area contributed by atoms with E-state index in [4.69, 9.17) is 4.74 Å². The molecular weight excluding hydrogens is 451 g/mol. The van der Waals surface area contributed by atoms with Crippen LogP contribution in [-0.4, -0.2) is 13.7 Å². The van der Waals surface area contributed by atoms with E-state index in [9.17, 15) is 22.0 Å². The number of alkyl halides is 2. The largest absolute Gasteiger partial charge is 0.493 e. The number of hydrogen-bond donors (Lipinski definition) is 0. The van der Waals surface area contributed by atoms with Gasteiger partial charge in [-0.05, 0) is 35.8 Å². The van der Waals surface area contributed by atoms with Crippen LogP contribution in [0, 0.1) is 29.3 Å². The van der Waals surface area contributed by atoms with Crippen molar-refractivity contribution in [1.82, 2.24) is 0 Å². The average Bonchev–Trinajstić information content (AvgIpc) is 2.84. The summed E-state index contributed by atoms with van der Waals surface area (Å²) in [6.07, 6.45) is 12.3. The lowest BCUT2D eigenvalue weighted by molar-refractivity contribution is -0.0550. The van der Waals surface area contributed by atoms with E-state index in [1.54, 1.807) is 24.3 Å². The van der Waals surface area contributed by atoms with Crippen molar-refractivity contribution in [3.8, 4) is 22.6 Å². The summed E-state index contributed by atoms with van der Waals surface area (Å²) in [5, 5.41) is 0. The molecule has 0 bridgehead atoms. The minimum absolute atomic E-state index is 0.184. The number of unbranched alkanes of at least 4 members (excludes halogenated alkanes) is 2. The highest BCUT2D eigenvalue weighted by Gasteiger charge is 2.29. The van der Waals surface area contributed by atoms with E-state index in [2.05, 4.69) is 11.7 Å². The molecule has 1 saturated carbocycles. The molecular formula is C27H33F5O2. The summed E-state index contributed by atoms with van der Waals surface area (Å²) in [6, 6.07) is 6.70. The fourth-order valence-corrected chi connectivity index (χ4v) is 4.96. The summed E-state index contributed by atoms with van der Waals surface area (Å²) in [6.45, 7) is -1.27. The monoisotopic (exact) mass is 484 g/mol. The van der Waals surface area contributed by atoms with E-state index < -0.39 is 41.1 Å². The molecule has 2 aromatic rings. The lowest BCUT2D eigenvalue weighted by Crippen LogP contribution is -2.15. The second-order valence-corrected chi connectivity index (χ2v) is 9.18. The number of aryl methyl sites for hydroxylation is 1. The van der Waals surface area contributed by atoms with Crippen molar-refractivity contribution in [2.45, 2.75) is 77.7 Å². The lowest BCUT2D eigenvalue weighted by Gasteiger charge is -2.28. The van der Waals surface area contributed by atoms with Gasteiger partial charge in [0.05, 0.1) is 12.7 Å². The number of rotatable bonds is 11. The number of ether oxygens (including phenoxy) is 2. The van der Waals surface area contributed by atoms with Crippen molar-refractivity contribution in [1.29, 1.82) is 0 Å². The van der Waals surface area contributed by atoms with Crippen LogP contribution in [-0.2, 0) is 6.42 Å². The van der Waals surface area contributed by atoms with Gasteiger partial charge in [-0.1, -0.05) is 82.6 Å². The Balaban J connectivity index is 1.66. The Kier molecular flexibility index (Phi) is 9.60. The molecule has 7 heteroatoms. The minimum Gasteiger partial charge on any atom is -0.493 e. The van der Waals surface area contributed by atoms with E-state index in [-0.39, 0.29) is 5.56 Å².